The van der Waals surface area contributed by atoms with E-state index in [-0.39, 0.29) is 11.2 Å². The van der Waals surface area contributed by atoms with E-state index >= 15 is 0 Å². The Bertz CT molecular complexity index is 339. The fourth-order valence-electron chi connectivity index (χ4n) is 1.68. The average molecular weight is 251 g/mol. The van der Waals surface area contributed by atoms with Gasteiger partial charge in [0.05, 0.1) is 5.25 Å². The van der Waals surface area contributed by atoms with Crippen molar-refractivity contribution in [2.24, 2.45) is 0 Å². The molecule has 17 heavy (non-hydrogen) atoms. The Kier molecular flexibility index (Phi) is 6.12. The summed E-state index contributed by atoms with van der Waals surface area (Å²) in [6, 6.07) is 10.0. The number of hydrogen-bond donors (Lipinski definition) is 1. The molecule has 0 aliphatic rings. The van der Waals surface area contributed by atoms with Crippen LogP contribution in [0.4, 0.5) is 0 Å². The second-order valence-electron chi connectivity index (χ2n) is 4.32. The maximum atomic E-state index is 12.0. The van der Waals surface area contributed by atoms with E-state index in [0.717, 1.165) is 24.9 Å². The molecule has 0 aliphatic heterocycles. The lowest BCUT2D eigenvalue weighted by Crippen LogP contribution is -2.35. The summed E-state index contributed by atoms with van der Waals surface area (Å²) in [6.07, 6.45) is 2.85. The summed E-state index contributed by atoms with van der Waals surface area (Å²) >= 11 is 4.41. The van der Waals surface area contributed by atoms with Crippen LogP contribution in [0.5, 0.6) is 0 Å². The number of nitrogens with zero attached hydrogens (tertiary/aromatic N) is 1. The lowest BCUT2D eigenvalue weighted by Gasteiger charge is -2.20. The second kappa shape index (κ2) is 7.38. The van der Waals surface area contributed by atoms with Gasteiger partial charge in [-0.05, 0) is 18.4 Å². The number of benzene rings is 1. The molecule has 1 rings (SSSR count). The number of hydrogen-bond acceptors (Lipinski definition) is 2. The summed E-state index contributed by atoms with van der Waals surface area (Å²) in [4.78, 5) is 13.8. The molecule has 2 nitrogen and oxygen atoms in total. The summed E-state index contributed by atoms with van der Waals surface area (Å²) in [7, 11) is 1.85. The molecule has 1 aromatic rings. The van der Waals surface area contributed by atoms with Crippen LogP contribution in [0.2, 0.25) is 0 Å². The van der Waals surface area contributed by atoms with Crippen molar-refractivity contribution in [2.45, 2.75) is 31.4 Å². The van der Waals surface area contributed by atoms with E-state index in [1.807, 2.05) is 37.4 Å². The van der Waals surface area contributed by atoms with E-state index in [2.05, 4.69) is 19.6 Å². The molecule has 1 unspecified atom stereocenters. The fraction of sp³-hybridized carbons (Fsp3) is 0.500. The molecule has 1 atom stereocenters. The highest BCUT2D eigenvalue weighted by Crippen LogP contribution is 2.10. The van der Waals surface area contributed by atoms with Crippen molar-refractivity contribution in [1.29, 1.82) is 0 Å². The van der Waals surface area contributed by atoms with E-state index in [4.69, 9.17) is 0 Å². The number of unbranched alkanes of at least 4 members (excludes halogenated alkanes) is 1. The molecule has 0 bridgehead atoms. The van der Waals surface area contributed by atoms with Crippen LogP contribution < -0.4 is 0 Å². The molecule has 0 N–H and O–H groups in total. The van der Waals surface area contributed by atoms with Gasteiger partial charge in [0.1, 0.15) is 0 Å². The first-order chi connectivity index (χ1) is 8.15. The van der Waals surface area contributed by atoms with Crippen molar-refractivity contribution < 1.29 is 4.79 Å². The minimum absolute atomic E-state index is 0.116. The molecular formula is C14H21NOS. The Hall–Kier alpha value is -0.960. The predicted octanol–water partition coefficient (Wildman–Crippen LogP) is 2.79. The minimum Gasteiger partial charge on any atom is -0.345 e. The van der Waals surface area contributed by atoms with Crippen molar-refractivity contribution in [3.8, 4) is 0 Å². The zero-order chi connectivity index (χ0) is 12.7. The standard InChI is InChI=1S/C14H21NOS/c1-3-4-10-15(2)14(16)13(17)11-12-8-6-5-7-9-12/h5-9,13,17H,3-4,10-11H2,1-2H3. The molecule has 1 amide bonds. The van der Waals surface area contributed by atoms with Gasteiger partial charge in [-0.15, -0.1) is 0 Å². The van der Waals surface area contributed by atoms with E-state index in [1.165, 1.54) is 0 Å². The summed E-state index contributed by atoms with van der Waals surface area (Å²) in [5.41, 5.74) is 1.16. The Morgan fingerprint density at radius 2 is 2.00 bits per heavy atom. The number of thiol groups is 1. The first kappa shape index (κ1) is 14.1. The summed E-state index contributed by atoms with van der Waals surface area (Å²) < 4.78 is 0. The molecule has 0 saturated heterocycles. The van der Waals surface area contributed by atoms with Crippen molar-refractivity contribution in [2.75, 3.05) is 13.6 Å². The largest absolute Gasteiger partial charge is 0.345 e. The van der Waals surface area contributed by atoms with Gasteiger partial charge in [-0.1, -0.05) is 43.7 Å². The van der Waals surface area contributed by atoms with Crippen LogP contribution >= 0.6 is 12.6 Å². The van der Waals surface area contributed by atoms with Gasteiger partial charge in [-0.25, -0.2) is 0 Å². The van der Waals surface area contributed by atoms with Crippen molar-refractivity contribution in [3.05, 3.63) is 35.9 Å². The summed E-state index contributed by atoms with van der Waals surface area (Å²) in [5.74, 6) is 0.116. The van der Waals surface area contributed by atoms with Crippen LogP contribution in [0, 0.1) is 0 Å². The highest BCUT2D eigenvalue weighted by Gasteiger charge is 2.18. The predicted molar refractivity (Wildman–Crippen MR) is 75.5 cm³/mol. The van der Waals surface area contributed by atoms with E-state index < -0.39 is 0 Å². The van der Waals surface area contributed by atoms with Gasteiger partial charge in [0.2, 0.25) is 5.91 Å². The smallest absolute Gasteiger partial charge is 0.235 e. The molecular weight excluding hydrogens is 230 g/mol. The normalized spacial score (nSPS) is 12.2. The second-order valence-corrected chi connectivity index (χ2v) is 4.94. The van der Waals surface area contributed by atoms with Crippen LogP contribution in [0.15, 0.2) is 30.3 Å². The quantitative estimate of drug-likeness (QED) is 0.771. The third-order valence-corrected chi connectivity index (χ3v) is 3.18. The first-order valence-electron chi connectivity index (χ1n) is 6.12. The molecule has 0 saturated carbocycles. The Balaban J connectivity index is 2.47. The van der Waals surface area contributed by atoms with Crippen LogP contribution in [0.1, 0.15) is 25.3 Å². The molecule has 94 valence electrons. The molecule has 0 fully saturated rings. The van der Waals surface area contributed by atoms with Gasteiger partial charge >= 0.3 is 0 Å². The van der Waals surface area contributed by atoms with Gasteiger partial charge in [-0.2, -0.15) is 12.6 Å². The highest BCUT2D eigenvalue weighted by atomic mass is 32.1. The Morgan fingerprint density at radius 1 is 1.35 bits per heavy atom. The van der Waals surface area contributed by atoms with Crippen molar-refractivity contribution >= 4 is 18.5 Å². The monoisotopic (exact) mass is 251 g/mol. The molecule has 0 aliphatic carbocycles. The highest BCUT2D eigenvalue weighted by molar-refractivity contribution is 7.81. The molecule has 0 aromatic heterocycles. The summed E-state index contributed by atoms with van der Waals surface area (Å²) in [5, 5.41) is -0.237. The summed E-state index contributed by atoms with van der Waals surface area (Å²) in [6.45, 7) is 2.95. The molecule has 0 heterocycles. The van der Waals surface area contributed by atoms with Gasteiger partial charge in [0.25, 0.3) is 0 Å². The number of carbonyl (C=O) groups excluding carboxylic acids is 1. The number of rotatable bonds is 6. The van der Waals surface area contributed by atoms with Crippen LogP contribution in [-0.4, -0.2) is 29.6 Å². The Labute approximate surface area is 109 Å². The third kappa shape index (κ3) is 4.82. The van der Waals surface area contributed by atoms with Gasteiger partial charge < -0.3 is 4.90 Å². The molecule has 0 spiro atoms. The zero-order valence-electron chi connectivity index (χ0n) is 10.6. The number of amides is 1. The van der Waals surface area contributed by atoms with Gasteiger partial charge in [0, 0.05) is 13.6 Å². The molecule has 0 radical (unpaired) electrons. The SMILES string of the molecule is CCCCN(C)C(=O)C(S)Cc1ccccc1. The maximum Gasteiger partial charge on any atom is 0.235 e. The Morgan fingerprint density at radius 3 is 2.59 bits per heavy atom. The van der Waals surface area contributed by atoms with E-state index in [0.29, 0.717) is 6.42 Å². The van der Waals surface area contributed by atoms with E-state index in [9.17, 15) is 4.79 Å². The number of carbonyl (C=O) groups is 1. The van der Waals surface area contributed by atoms with Gasteiger partial charge in [-0.3, -0.25) is 4.79 Å². The maximum absolute atomic E-state index is 12.0. The van der Waals surface area contributed by atoms with Gasteiger partial charge in [0.15, 0.2) is 0 Å². The van der Waals surface area contributed by atoms with Crippen LogP contribution in [-0.2, 0) is 11.2 Å². The first-order valence-corrected chi connectivity index (χ1v) is 6.63. The van der Waals surface area contributed by atoms with E-state index in [1.54, 1.807) is 4.90 Å². The average Bonchev–Trinajstić information content (AvgIpc) is 2.36. The van der Waals surface area contributed by atoms with Crippen LogP contribution in [0.3, 0.4) is 0 Å². The van der Waals surface area contributed by atoms with Crippen LogP contribution in [0.25, 0.3) is 0 Å². The fourth-order valence-corrected chi connectivity index (χ4v) is 2.09. The molecule has 3 heteroatoms. The zero-order valence-corrected chi connectivity index (χ0v) is 11.5. The van der Waals surface area contributed by atoms with Crippen molar-refractivity contribution in [3.63, 3.8) is 0 Å². The topological polar surface area (TPSA) is 20.3 Å². The van der Waals surface area contributed by atoms with Crippen molar-refractivity contribution in [1.82, 2.24) is 4.90 Å². The third-order valence-electron chi connectivity index (χ3n) is 2.78. The lowest BCUT2D eigenvalue weighted by atomic mass is 10.1. The lowest BCUT2D eigenvalue weighted by molar-refractivity contribution is -0.129. The molecule has 1 aromatic carbocycles. The minimum atomic E-state index is -0.237.